The summed E-state index contributed by atoms with van der Waals surface area (Å²) in [5.74, 6) is 1.50. The summed E-state index contributed by atoms with van der Waals surface area (Å²) in [4.78, 5) is 11.9. The molecule has 0 unspecified atom stereocenters. The van der Waals surface area contributed by atoms with Gasteiger partial charge < -0.3 is 14.8 Å². The molecule has 0 aliphatic heterocycles. The van der Waals surface area contributed by atoms with Crippen molar-refractivity contribution in [1.29, 1.82) is 0 Å². The second-order valence-electron chi connectivity index (χ2n) is 5.18. The molecule has 0 aliphatic carbocycles. The smallest absolute Gasteiger partial charge is 0.224 e. The molecular formula is C19H23NO3. The van der Waals surface area contributed by atoms with Gasteiger partial charge >= 0.3 is 0 Å². The van der Waals surface area contributed by atoms with Crippen LogP contribution in [0, 0.1) is 0 Å². The van der Waals surface area contributed by atoms with Crippen molar-refractivity contribution in [3.05, 3.63) is 59.7 Å². The van der Waals surface area contributed by atoms with Gasteiger partial charge in [-0.05, 0) is 36.6 Å². The first kappa shape index (κ1) is 16.9. The van der Waals surface area contributed by atoms with Crippen molar-refractivity contribution < 1.29 is 14.3 Å². The maximum absolute atomic E-state index is 11.9. The number of hydrogen-bond donors (Lipinski definition) is 1. The van der Waals surface area contributed by atoms with Crippen molar-refractivity contribution in [3.8, 4) is 11.5 Å². The van der Waals surface area contributed by atoms with Crippen LogP contribution in [0.4, 0.5) is 0 Å². The van der Waals surface area contributed by atoms with Gasteiger partial charge in [0.1, 0.15) is 0 Å². The number of ether oxygens (including phenoxy) is 2. The number of hydrogen-bond acceptors (Lipinski definition) is 3. The molecule has 0 heterocycles. The van der Waals surface area contributed by atoms with E-state index in [-0.39, 0.29) is 5.91 Å². The number of rotatable bonds is 8. The first-order chi connectivity index (χ1) is 11.2. The van der Waals surface area contributed by atoms with Crippen LogP contribution in [-0.2, 0) is 17.6 Å². The Balaban J connectivity index is 1.82. The first-order valence-corrected chi connectivity index (χ1v) is 7.83. The van der Waals surface area contributed by atoms with E-state index in [1.54, 1.807) is 7.11 Å². The van der Waals surface area contributed by atoms with Crippen molar-refractivity contribution in [2.75, 3.05) is 20.3 Å². The summed E-state index contributed by atoms with van der Waals surface area (Å²) in [6.45, 7) is 3.14. The summed E-state index contributed by atoms with van der Waals surface area (Å²) in [6.07, 6.45) is 1.16. The van der Waals surface area contributed by atoms with Crippen LogP contribution in [0.15, 0.2) is 48.5 Å². The maximum Gasteiger partial charge on any atom is 0.224 e. The van der Waals surface area contributed by atoms with Gasteiger partial charge in [-0.15, -0.1) is 0 Å². The minimum Gasteiger partial charge on any atom is -0.493 e. The standard InChI is InChI=1S/C19H23NO3/c1-3-23-17-10-9-16(13-18(17)22-2)11-12-20-19(21)14-15-7-5-4-6-8-15/h4-10,13H,3,11-12,14H2,1-2H3,(H,20,21). The average molecular weight is 313 g/mol. The third-order valence-corrected chi connectivity index (χ3v) is 3.47. The molecule has 0 radical (unpaired) electrons. The summed E-state index contributed by atoms with van der Waals surface area (Å²) >= 11 is 0. The number of carbonyl (C=O) groups excluding carboxylic acids is 1. The lowest BCUT2D eigenvalue weighted by molar-refractivity contribution is -0.120. The summed E-state index contributed by atoms with van der Waals surface area (Å²) in [5, 5.41) is 2.95. The Morgan fingerprint density at radius 2 is 1.83 bits per heavy atom. The molecule has 2 aromatic carbocycles. The molecule has 0 fully saturated rings. The molecule has 1 N–H and O–H groups in total. The SMILES string of the molecule is CCOc1ccc(CCNC(=O)Cc2ccccc2)cc1OC. The Hall–Kier alpha value is -2.49. The van der Waals surface area contributed by atoms with Crippen molar-refractivity contribution in [1.82, 2.24) is 5.32 Å². The van der Waals surface area contributed by atoms with Crippen LogP contribution in [0.5, 0.6) is 11.5 Å². The first-order valence-electron chi connectivity index (χ1n) is 7.83. The molecule has 23 heavy (non-hydrogen) atoms. The van der Waals surface area contributed by atoms with E-state index >= 15 is 0 Å². The van der Waals surface area contributed by atoms with Crippen molar-refractivity contribution in [2.45, 2.75) is 19.8 Å². The van der Waals surface area contributed by atoms with Gasteiger partial charge in [0.15, 0.2) is 11.5 Å². The Morgan fingerprint density at radius 3 is 2.52 bits per heavy atom. The third-order valence-electron chi connectivity index (χ3n) is 3.47. The van der Waals surface area contributed by atoms with Gasteiger partial charge in [-0.1, -0.05) is 36.4 Å². The molecule has 0 saturated carbocycles. The Bertz CT molecular complexity index is 626. The number of methoxy groups -OCH3 is 1. The van der Waals surface area contributed by atoms with Gasteiger partial charge in [-0.2, -0.15) is 0 Å². The van der Waals surface area contributed by atoms with E-state index in [0.717, 1.165) is 29.0 Å². The van der Waals surface area contributed by atoms with Crippen molar-refractivity contribution >= 4 is 5.91 Å². The van der Waals surface area contributed by atoms with E-state index in [9.17, 15) is 4.79 Å². The largest absolute Gasteiger partial charge is 0.493 e. The second kappa shape index (κ2) is 8.83. The fourth-order valence-corrected chi connectivity index (χ4v) is 2.33. The van der Waals surface area contributed by atoms with Crippen LogP contribution in [0.2, 0.25) is 0 Å². The molecule has 122 valence electrons. The highest BCUT2D eigenvalue weighted by molar-refractivity contribution is 5.78. The zero-order chi connectivity index (χ0) is 16.5. The number of carbonyl (C=O) groups is 1. The normalized spacial score (nSPS) is 10.2. The quantitative estimate of drug-likeness (QED) is 0.815. The van der Waals surface area contributed by atoms with Crippen LogP contribution < -0.4 is 14.8 Å². The van der Waals surface area contributed by atoms with Gasteiger partial charge in [0.2, 0.25) is 5.91 Å². The van der Waals surface area contributed by atoms with Crippen LogP contribution in [0.1, 0.15) is 18.1 Å². The Morgan fingerprint density at radius 1 is 1.04 bits per heavy atom. The molecule has 4 heteroatoms. The molecule has 0 atom stereocenters. The predicted octanol–water partition coefficient (Wildman–Crippen LogP) is 3.00. The van der Waals surface area contributed by atoms with Gasteiger partial charge in [0, 0.05) is 6.54 Å². The average Bonchev–Trinajstić information content (AvgIpc) is 2.57. The lowest BCUT2D eigenvalue weighted by atomic mass is 10.1. The zero-order valence-corrected chi connectivity index (χ0v) is 13.7. The summed E-state index contributed by atoms with van der Waals surface area (Å²) in [7, 11) is 1.63. The van der Waals surface area contributed by atoms with Gasteiger partial charge in [0.25, 0.3) is 0 Å². The lowest BCUT2D eigenvalue weighted by Gasteiger charge is -2.11. The molecule has 2 aromatic rings. The van der Waals surface area contributed by atoms with Crippen molar-refractivity contribution in [2.24, 2.45) is 0 Å². The van der Waals surface area contributed by atoms with Gasteiger partial charge in [-0.3, -0.25) is 4.79 Å². The molecule has 2 rings (SSSR count). The van der Waals surface area contributed by atoms with E-state index in [1.165, 1.54) is 0 Å². The van der Waals surface area contributed by atoms with E-state index in [1.807, 2.05) is 55.5 Å². The van der Waals surface area contributed by atoms with Gasteiger partial charge in [0.05, 0.1) is 20.1 Å². The number of nitrogens with one attached hydrogen (secondary N) is 1. The zero-order valence-electron chi connectivity index (χ0n) is 13.7. The Kier molecular flexibility index (Phi) is 6.48. The minimum absolute atomic E-state index is 0.0362. The predicted molar refractivity (Wildman–Crippen MR) is 91.0 cm³/mol. The van der Waals surface area contributed by atoms with Crippen LogP contribution >= 0.6 is 0 Å². The Labute approximate surface area is 137 Å². The van der Waals surface area contributed by atoms with E-state index in [4.69, 9.17) is 9.47 Å². The third kappa shape index (κ3) is 5.33. The second-order valence-corrected chi connectivity index (χ2v) is 5.18. The van der Waals surface area contributed by atoms with Crippen LogP contribution in [0.25, 0.3) is 0 Å². The van der Waals surface area contributed by atoms with Crippen LogP contribution in [-0.4, -0.2) is 26.2 Å². The highest BCUT2D eigenvalue weighted by Crippen LogP contribution is 2.28. The maximum atomic E-state index is 11.9. The minimum atomic E-state index is 0.0362. The van der Waals surface area contributed by atoms with E-state index in [0.29, 0.717) is 19.6 Å². The molecule has 0 aromatic heterocycles. The molecule has 0 saturated heterocycles. The molecular weight excluding hydrogens is 290 g/mol. The highest BCUT2D eigenvalue weighted by atomic mass is 16.5. The summed E-state index contributed by atoms with van der Waals surface area (Å²) < 4.78 is 10.8. The summed E-state index contributed by atoms with van der Waals surface area (Å²) in [6, 6.07) is 15.6. The van der Waals surface area contributed by atoms with Crippen molar-refractivity contribution in [3.63, 3.8) is 0 Å². The molecule has 0 spiro atoms. The van der Waals surface area contributed by atoms with Gasteiger partial charge in [-0.25, -0.2) is 0 Å². The molecule has 1 amide bonds. The molecule has 0 aliphatic rings. The molecule has 4 nitrogen and oxygen atoms in total. The lowest BCUT2D eigenvalue weighted by Crippen LogP contribution is -2.27. The topological polar surface area (TPSA) is 47.6 Å². The summed E-state index contributed by atoms with van der Waals surface area (Å²) in [5.41, 5.74) is 2.12. The molecule has 0 bridgehead atoms. The van der Waals surface area contributed by atoms with E-state index < -0.39 is 0 Å². The fraction of sp³-hybridized carbons (Fsp3) is 0.316. The highest BCUT2D eigenvalue weighted by Gasteiger charge is 2.06. The number of benzene rings is 2. The fourth-order valence-electron chi connectivity index (χ4n) is 2.33. The van der Waals surface area contributed by atoms with E-state index in [2.05, 4.69) is 5.32 Å². The monoisotopic (exact) mass is 313 g/mol. The van der Waals surface area contributed by atoms with Crippen LogP contribution in [0.3, 0.4) is 0 Å². The number of amides is 1.